The zero-order valence-corrected chi connectivity index (χ0v) is 8.35. The normalized spacial score (nSPS) is 14.5. The maximum Gasteiger partial charge on any atom is 0.105 e. The molecule has 0 saturated carbocycles. The zero-order valence-electron chi connectivity index (χ0n) is 8.35. The summed E-state index contributed by atoms with van der Waals surface area (Å²) in [4.78, 5) is 0. The quantitative estimate of drug-likeness (QED) is 0.619. The molecule has 0 aromatic rings. The van der Waals surface area contributed by atoms with Crippen LogP contribution >= 0.6 is 0 Å². The molecule has 0 heterocycles. The van der Waals surface area contributed by atoms with Crippen LogP contribution in [0, 0.1) is 5.92 Å². The second-order valence-corrected chi connectivity index (χ2v) is 3.69. The Morgan fingerprint density at radius 3 is 2.00 bits per heavy atom. The summed E-state index contributed by atoms with van der Waals surface area (Å²) in [5.41, 5.74) is 0. The molecule has 0 aliphatic carbocycles. The molecule has 68 valence electrons. The van der Waals surface area contributed by atoms with Crippen molar-refractivity contribution >= 4 is 0 Å². The van der Waals surface area contributed by atoms with Gasteiger partial charge in [0.25, 0.3) is 0 Å². The first-order valence-electron chi connectivity index (χ1n) is 4.40. The first-order chi connectivity index (χ1) is 5.02. The van der Waals surface area contributed by atoms with Crippen molar-refractivity contribution in [2.45, 2.75) is 46.9 Å². The van der Waals surface area contributed by atoms with Gasteiger partial charge < -0.3 is 4.74 Å². The van der Waals surface area contributed by atoms with Gasteiger partial charge >= 0.3 is 0 Å². The van der Waals surface area contributed by atoms with Crippen LogP contribution in [0.2, 0.25) is 0 Å². The number of hydrogen-bond acceptors (Lipinski definition) is 2. The molecule has 1 atom stereocenters. The minimum Gasteiger partial charge on any atom is -0.363 e. The summed E-state index contributed by atoms with van der Waals surface area (Å²) >= 11 is 0. The van der Waals surface area contributed by atoms with E-state index in [-0.39, 0.29) is 6.23 Å². The molecular formula is C9H21NO. The molecule has 2 nitrogen and oxygen atoms in total. The zero-order chi connectivity index (χ0) is 8.85. The van der Waals surface area contributed by atoms with Gasteiger partial charge in [0.05, 0.1) is 6.61 Å². The highest BCUT2D eigenvalue weighted by Crippen LogP contribution is 1.96. The predicted molar refractivity (Wildman–Crippen MR) is 48.5 cm³/mol. The molecule has 2 heteroatoms. The number of ether oxygens (including phenoxy) is 1. The molecule has 1 unspecified atom stereocenters. The second kappa shape index (κ2) is 5.56. The molecule has 0 rings (SSSR count). The van der Waals surface area contributed by atoms with Crippen molar-refractivity contribution in [1.82, 2.24) is 5.32 Å². The summed E-state index contributed by atoms with van der Waals surface area (Å²) in [6, 6.07) is 0.497. The summed E-state index contributed by atoms with van der Waals surface area (Å²) in [6.45, 7) is 11.4. The van der Waals surface area contributed by atoms with Crippen LogP contribution in [0.15, 0.2) is 0 Å². The summed E-state index contributed by atoms with van der Waals surface area (Å²) in [5, 5.41) is 3.28. The lowest BCUT2D eigenvalue weighted by Crippen LogP contribution is -2.35. The fourth-order valence-electron chi connectivity index (χ4n) is 0.854. The molecule has 0 saturated heterocycles. The molecule has 0 bridgehead atoms. The lowest BCUT2D eigenvalue weighted by Gasteiger charge is -2.18. The van der Waals surface area contributed by atoms with E-state index >= 15 is 0 Å². The van der Waals surface area contributed by atoms with Gasteiger partial charge in [-0.15, -0.1) is 0 Å². The van der Waals surface area contributed by atoms with Crippen LogP contribution in [0.5, 0.6) is 0 Å². The molecule has 0 aliphatic heterocycles. The van der Waals surface area contributed by atoms with Crippen LogP contribution in [0.25, 0.3) is 0 Å². The van der Waals surface area contributed by atoms with Crippen molar-refractivity contribution in [3.05, 3.63) is 0 Å². The van der Waals surface area contributed by atoms with Crippen molar-refractivity contribution < 1.29 is 4.74 Å². The third kappa shape index (κ3) is 7.82. The minimum absolute atomic E-state index is 0.178. The highest BCUT2D eigenvalue weighted by Gasteiger charge is 2.03. The molecule has 0 aromatic heterocycles. The smallest absolute Gasteiger partial charge is 0.105 e. The highest BCUT2D eigenvalue weighted by atomic mass is 16.5. The van der Waals surface area contributed by atoms with Crippen molar-refractivity contribution in [2.24, 2.45) is 5.92 Å². The molecule has 1 N–H and O–H groups in total. The van der Waals surface area contributed by atoms with Gasteiger partial charge in [-0.25, -0.2) is 0 Å². The molecule has 0 amide bonds. The van der Waals surface area contributed by atoms with Crippen molar-refractivity contribution in [2.75, 3.05) is 6.61 Å². The molecule has 0 aromatic carbocycles. The summed E-state index contributed by atoms with van der Waals surface area (Å²) < 4.78 is 5.50. The maximum atomic E-state index is 5.50. The average Bonchev–Trinajstić information content (AvgIpc) is 1.82. The van der Waals surface area contributed by atoms with Crippen molar-refractivity contribution in [3.8, 4) is 0 Å². The molecule has 0 aliphatic rings. The number of rotatable bonds is 5. The Labute approximate surface area is 70.3 Å². The van der Waals surface area contributed by atoms with Gasteiger partial charge in [-0.05, 0) is 26.7 Å². The van der Waals surface area contributed by atoms with E-state index in [9.17, 15) is 0 Å². The van der Waals surface area contributed by atoms with E-state index in [1.165, 1.54) is 0 Å². The van der Waals surface area contributed by atoms with Crippen molar-refractivity contribution in [3.63, 3.8) is 0 Å². The fourth-order valence-corrected chi connectivity index (χ4v) is 0.854. The summed E-state index contributed by atoms with van der Waals surface area (Å²) in [5.74, 6) is 0.617. The maximum absolute atomic E-state index is 5.50. The molecule has 11 heavy (non-hydrogen) atoms. The van der Waals surface area contributed by atoms with E-state index in [0.717, 1.165) is 6.61 Å². The van der Waals surface area contributed by atoms with Crippen LogP contribution in [0.1, 0.15) is 34.6 Å². The Bertz CT molecular complexity index is 91.6. The Kier molecular flexibility index (Phi) is 5.51. The fraction of sp³-hybridized carbons (Fsp3) is 1.00. The standard InChI is InChI=1S/C9H21NO/c1-7(2)6-11-9(5)10-8(3)4/h7-10H,6H2,1-5H3. The summed E-state index contributed by atoms with van der Waals surface area (Å²) in [6.07, 6.45) is 0.178. The highest BCUT2D eigenvalue weighted by molar-refractivity contribution is 4.54. The van der Waals surface area contributed by atoms with E-state index in [2.05, 4.69) is 33.0 Å². The van der Waals surface area contributed by atoms with E-state index in [1.54, 1.807) is 0 Å². The van der Waals surface area contributed by atoms with Gasteiger partial charge in [-0.2, -0.15) is 0 Å². The van der Waals surface area contributed by atoms with Gasteiger partial charge in [-0.1, -0.05) is 13.8 Å². The van der Waals surface area contributed by atoms with Gasteiger partial charge in [0.1, 0.15) is 6.23 Å². The molecular weight excluding hydrogens is 138 g/mol. The monoisotopic (exact) mass is 159 g/mol. The Hall–Kier alpha value is -0.0800. The van der Waals surface area contributed by atoms with E-state index < -0.39 is 0 Å². The molecule has 0 spiro atoms. The average molecular weight is 159 g/mol. The van der Waals surface area contributed by atoms with Crippen LogP contribution < -0.4 is 5.32 Å². The first-order valence-corrected chi connectivity index (χ1v) is 4.40. The Morgan fingerprint density at radius 2 is 1.64 bits per heavy atom. The molecule has 0 fully saturated rings. The van der Waals surface area contributed by atoms with Crippen LogP contribution in [0.4, 0.5) is 0 Å². The predicted octanol–water partition coefficient (Wildman–Crippen LogP) is 2.00. The van der Waals surface area contributed by atoms with Crippen LogP contribution in [-0.4, -0.2) is 18.9 Å². The lowest BCUT2D eigenvalue weighted by molar-refractivity contribution is 0.0215. The number of nitrogens with one attached hydrogen (secondary N) is 1. The van der Waals surface area contributed by atoms with Crippen molar-refractivity contribution in [1.29, 1.82) is 0 Å². The SMILES string of the molecule is CC(C)COC(C)NC(C)C. The van der Waals surface area contributed by atoms with E-state index in [1.807, 2.05) is 6.92 Å². The topological polar surface area (TPSA) is 21.3 Å². The third-order valence-electron chi connectivity index (χ3n) is 1.25. The van der Waals surface area contributed by atoms with Gasteiger partial charge in [0.15, 0.2) is 0 Å². The minimum atomic E-state index is 0.178. The van der Waals surface area contributed by atoms with Gasteiger partial charge in [-0.3, -0.25) is 5.32 Å². The lowest BCUT2D eigenvalue weighted by atomic mass is 10.2. The first kappa shape index (κ1) is 10.9. The Morgan fingerprint density at radius 1 is 1.09 bits per heavy atom. The van der Waals surface area contributed by atoms with E-state index in [0.29, 0.717) is 12.0 Å². The van der Waals surface area contributed by atoms with Crippen LogP contribution in [0.3, 0.4) is 0 Å². The van der Waals surface area contributed by atoms with E-state index in [4.69, 9.17) is 4.74 Å². The van der Waals surface area contributed by atoms with Gasteiger partial charge in [0.2, 0.25) is 0 Å². The second-order valence-electron chi connectivity index (χ2n) is 3.69. The number of hydrogen-bond donors (Lipinski definition) is 1. The Balaban J connectivity index is 3.29. The largest absolute Gasteiger partial charge is 0.363 e. The summed E-state index contributed by atoms with van der Waals surface area (Å²) in [7, 11) is 0. The third-order valence-corrected chi connectivity index (χ3v) is 1.25. The molecule has 0 radical (unpaired) electrons. The van der Waals surface area contributed by atoms with Gasteiger partial charge in [0, 0.05) is 6.04 Å². The van der Waals surface area contributed by atoms with Crippen LogP contribution in [-0.2, 0) is 4.74 Å².